The van der Waals surface area contributed by atoms with E-state index in [1.165, 1.54) is 22.5 Å². The molecule has 1 fully saturated rings. The summed E-state index contributed by atoms with van der Waals surface area (Å²) in [7, 11) is 0. The lowest BCUT2D eigenvalue weighted by atomic mass is 9.89. The minimum Gasteiger partial charge on any atom is -0.383 e. The smallest absolute Gasteiger partial charge is 0.205 e. The maximum Gasteiger partial charge on any atom is 0.205 e. The van der Waals surface area contributed by atoms with E-state index < -0.39 is 0 Å². The van der Waals surface area contributed by atoms with Gasteiger partial charge in [-0.1, -0.05) is 15.9 Å². The fraction of sp³-hybridized carbons (Fsp3) is 0.364. The van der Waals surface area contributed by atoms with Crippen LogP contribution in [0.2, 0.25) is 0 Å². The zero-order valence-corrected chi connectivity index (χ0v) is 18.4. The van der Waals surface area contributed by atoms with E-state index in [4.69, 9.17) is 15.5 Å². The third kappa shape index (κ3) is 3.35. The molecule has 2 aliphatic rings. The quantitative estimate of drug-likeness (QED) is 0.565. The third-order valence-corrected chi connectivity index (χ3v) is 7.41. The Hall–Kier alpha value is -1.96. The molecule has 3 aromatic rings. The molecular weight excluding hydrogens is 450 g/mol. The van der Waals surface area contributed by atoms with E-state index in [0.29, 0.717) is 24.6 Å². The Morgan fingerprint density at radius 2 is 1.79 bits per heavy atom. The normalized spacial score (nSPS) is 16.8. The molecule has 0 atom stereocenters. The van der Waals surface area contributed by atoms with Gasteiger partial charge in [-0.2, -0.15) is 0 Å². The van der Waals surface area contributed by atoms with Crippen molar-refractivity contribution in [2.45, 2.75) is 25.7 Å². The first-order valence-electron chi connectivity index (χ1n) is 10.00. The molecule has 0 bridgehead atoms. The van der Waals surface area contributed by atoms with Crippen LogP contribution in [-0.2, 0) is 17.6 Å². The average molecular weight is 472 g/mol. The molecule has 0 amide bonds. The van der Waals surface area contributed by atoms with Gasteiger partial charge in [-0.3, -0.25) is 4.79 Å². The van der Waals surface area contributed by atoms with Gasteiger partial charge in [0.05, 0.1) is 18.9 Å². The number of nitrogen functional groups attached to an aromatic ring is 1. The number of morpholine rings is 1. The van der Waals surface area contributed by atoms with Crippen LogP contribution >= 0.6 is 27.3 Å². The molecule has 3 heterocycles. The van der Waals surface area contributed by atoms with Crippen LogP contribution in [0.4, 0.5) is 11.5 Å². The number of carbonyl (C=O) groups is 1. The number of ketones is 1. The molecule has 0 saturated carbocycles. The Morgan fingerprint density at radius 1 is 1.10 bits per heavy atom. The van der Waals surface area contributed by atoms with Gasteiger partial charge in [0, 0.05) is 28.5 Å². The van der Waals surface area contributed by atoms with E-state index in [0.717, 1.165) is 64.0 Å². The van der Waals surface area contributed by atoms with Gasteiger partial charge in [-0.15, -0.1) is 11.3 Å². The number of aryl methyl sites for hydroxylation is 1. The predicted molar refractivity (Wildman–Crippen MR) is 121 cm³/mol. The first-order valence-corrected chi connectivity index (χ1v) is 11.6. The Labute approximate surface area is 182 Å². The molecule has 5 nitrogen and oxygen atoms in total. The molecule has 2 aromatic heterocycles. The molecule has 7 heteroatoms. The number of hydrogen-bond donors (Lipinski definition) is 1. The van der Waals surface area contributed by atoms with Gasteiger partial charge >= 0.3 is 0 Å². The average Bonchev–Trinajstić information content (AvgIpc) is 3.14. The van der Waals surface area contributed by atoms with Crippen molar-refractivity contribution in [3.05, 3.63) is 50.3 Å². The monoisotopic (exact) mass is 471 g/mol. The number of carbonyl (C=O) groups excluding carboxylic acids is 1. The van der Waals surface area contributed by atoms with E-state index in [1.807, 2.05) is 24.3 Å². The number of ether oxygens (including phenoxy) is 1. The highest BCUT2D eigenvalue weighted by molar-refractivity contribution is 9.10. The molecule has 0 unspecified atom stereocenters. The van der Waals surface area contributed by atoms with Crippen molar-refractivity contribution in [1.82, 2.24) is 4.98 Å². The van der Waals surface area contributed by atoms with E-state index in [2.05, 4.69) is 20.8 Å². The lowest BCUT2D eigenvalue weighted by molar-refractivity contribution is 0.104. The highest BCUT2D eigenvalue weighted by Crippen LogP contribution is 2.44. The number of hydrogen-bond acceptors (Lipinski definition) is 6. The molecule has 5 rings (SSSR count). The Bertz CT molecular complexity index is 1090. The number of benzene rings is 1. The fourth-order valence-electron chi connectivity index (χ4n) is 4.38. The molecule has 150 valence electrons. The molecule has 2 N–H and O–H groups in total. The van der Waals surface area contributed by atoms with Gasteiger partial charge in [0.15, 0.2) is 0 Å². The number of fused-ring (bicyclic) bond motifs is 3. The number of halogens is 1. The van der Waals surface area contributed by atoms with E-state index in [-0.39, 0.29) is 5.78 Å². The van der Waals surface area contributed by atoms with Crippen LogP contribution in [0, 0.1) is 0 Å². The second-order valence-corrected chi connectivity index (χ2v) is 9.47. The number of anilines is 2. The predicted octanol–water partition coefficient (Wildman–Crippen LogP) is 4.59. The topological polar surface area (TPSA) is 68.5 Å². The van der Waals surface area contributed by atoms with Gasteiger partial charge in [0.25, 0.3) is 0 Å². The first kappa shape index (κ1) is 19.0. The standard InChI is InChI=1S/C22H22BrN3O2S/c23-14-7-5-13(6-8-14)19(27)20-18(26-9-11-28-12-10-26)17-15-3-1-2-4-16(15)21(24)25-22(17)29-20/h5-8H,1-4,9-12H2,(H2,24,25). The van der Waals surface area contributed by atoms with Crippen LogP contribution in [0.3, 0.4) is 0 Å². The molecule has 1 aromatic carbocycles. The van der Waals surface area contributed by atoms with Gasteiger partial charge in [-0.25, -0.2) is 4.98 Å². The summed E-state index contributed by atoms with van der Waals surface area (Å²) in [5.74, 6) is 0.676. The van der Waals surface area contributed by atoms with E-state index >= 15 is 0 Å². The van der Waals surface area contributed by atoms with Crippen molar-refractivity contribution >= 4 is 54.8 Å². The fourth-order valence-corrected chi connectivity index (χ4v) is 5.84. The zero-order chi connectivity index (χ0) is 20.0. The SMILES string of the molecule is Nc1nc2sc(C(=O)c3ccc(Br)cc3)c(N3CCOCC3)c2c2c1CCCC2. The van der Waals surface area contributed by atoms with Gasteiger partial charge in [-0.05, 0) is 61.1 Å². The van der Waals surface area contributed by atoms with Crippen molar-refractivity contribution in [2.75, 3.05) is 36.9 Å². The summed E-state index contributed by atoms with van der Waals surface area (Å²) in [4.78, 5) is 22.2. The summed E-state index contributed by atoms with van der Waals surface area (Å²) in [5.41, 5.74) is 10.5. The highest BCUT2D eigenvalue weighted by atomic mass is 79.9. The van der Waals surface area contributed by atoms with Crippen LogP contribution < -0.4 is 10.6 Å². The summed E-state index contributed by atoms with van der Waals surface area (Å²) in [5, 5.41) is 1.14. The van der Waals surface area contributed by atoms with Gasteiger partial charge < -0.3 is 15.4 Å². The second-order valence-electron chi connectivity index (χ2n) is 7.56. The second kappa shape index (κ2) is 7.70. The summed E-state index contributed by atoms with van der Waals surface area (Å²) in [6, 6.07) is 7.56. The van der Waals surface area contributed by atoms with Gasteiger partial charge in [0.1, 0.15) is 15.5 Å². The van der Waals surface area contributed by atoms with Crippen LogP contribution in [-0.4, -0.2) is 37.1 Å². The van der Waals surface area contributed by atoms with Crippen LogP contribution in [0.25, 0.3) is 10.2 Å². The summed E-state index contributed by atoms with van der Waals surface area (Å²) in [6.07, 6.45) is 4.27. The first-order chi connectivity index (χ1) is 14.1. The molecule has 1 aliphatic carbocycles. The molecular formula is C22H22BrN3O2S. The Morgan fingerprint density at radius 3 is 2.52 bits per heavy atom. The lowest BCUT2D eigenvalue weighted by Crippen LogP contribution is -2.37. The molecule has 0 spiro atoms. The number of aromatic nitrogens is 1. The van der Waals surface area contributed by atoms with Crippen molar-refractivity contribution in [2.24, 2.45) is 0 Å². The van der Waals surface area contributed by atoms with E-state index in [1.54, 1.807) is 0 Å². The maximum atomic E-state index is 13.5. The van der Waals surface area contributed by atoms with Crippen molar-refractivity contribution in [3.63, 3.8) is 0 Å². The van der Waals surface area contributed by atoms with Crippen molar-refractivity contribution in [1.29, 1.82) is 0 Å². The summed E-state index contributed by atoms with van der Waals surface area (Å²) in [6.45, 7) is 2.92. The molecule has 1 saturated heterocycles. The minimum absolute atomic E-state index is 0.0464. The van der Waals surface area contributed by atoms with Crippen LogP contribution in [0.5, 0.6) is 0 Å². The minimum atomic E-state index is 0.0464. The summed E-state index contributed by atoms with van der Waals surface area (Å²) < 4.78 is 6.54. The summed E-state index contributed by atoms with van der Waals surface area (Å²) >= 11 is 4.93. The number of pyridine rings is 1. The van der Waals surface area contributed by atoms with Crippen molar-refractivity contribution in [3.8, 4) is 0 Å². The largest absolute Gasteiger partial charge is 0.383 e. The Balaban J connectivity index is 1.74. The van der Waals surface area contributed by atoms with Crippen LogP contribution in [0.15, 0.2) is 28.7 Å². The number of nitrogens with zero attached hydrogens (tertiary/aromatic N) is 2. The van der Waals surface area contributed by atoms with Crippen LogP contribution in [0.1, 0.15) is 39.2 Å². The van der Waals surface area contributed by atoms with Gasteiger partial charge in [0.2, 0.25) is 5.78 Å². The highest BCUT2D eigenvalue weighted by Gasteiger charge is 2.29. The lowest BCUT2D eigenvalue weighted by Gasteiger charge is -2.30. The zero-order valence-electron chi connectivity index (χ0n) is 16.0. The van der Waals surface area contributed by atoms with Crippen molar-refractivity contribution < 1.29 is 9.53 Å². The Kier molecular flexibility index (Phi) is 5.05. The number of thiophene rings is 1. The number of nitrogens with two attached hydrogens (primary N) is 1. The number of rotatable bonds is 3. The molecule has 0 radical (unpaired) electrons. The molecule has 29 heavy (non-hydrogen) atoms. The maximum absolute atomic E-state index is 13.5. The third-order valence-electron chi connectivity index (χ3n) is 5.81. The van der Waals surface area contributed by atoms with E-state index in [9.17, 15) is 4.79 Å². The molecule has 1 aliphatic heterocycles.